The van der Waals surface area contributed by atoms with Gasteiger partial charge >= 0.3 is 5.63 Å². The van der Waals surface area contributed by atoms with Gasteiger partial charge in [-0.1, -0.05) is 17.7 Å². The van der Waals surface area contributed by atoms with Crippen molar-refractivity contribution in [2.24, 2.45) is 0 Å². The van der Waals surface area contributed by atoms with Crippen molar-refractivity contribution in [2.45, 2.75) is 18.7 Å². The largest absolute Gasteiger partial charge is 0.484 e. The summed E-state index contributed by atoms with van der Waals surface area (Å²) >= 11 is 0. The minimum Gasteiger partial charge on any atom is -0.484 e. The van der Waals surface area contributed by atoms with Gasteiger partial charge in [-0.25, -0.2) is 17.9 Å². The van der Waals surface area contributed by atoms with Crippen molar-refractivity contribution in [3.63, 3.8) is 0 Å². The molecule has 0 saturated carbocycles. The van der Waals surface area contributed by atoms with Crippen molar-refractivity contribution in [2.75, 3.05) is 6.61 Å². The fraction of sp³-hybridized carbons (Fsp3) is 0.158. The van der Waals surface area contributed by atoms with Crippen LogP contribution in [0.5, 0.6) is 5.75 Å². The Balaban J connectivity index is 1.69. The first-order chi connectivity index (χ1) is 12.7. The van der Waals surface area contributed by atoms with Crippen molar-refractivity contribution < 1.29 is 22.4 Å². The van der Waals surface area contributed by atoms with Crippen molar-refractivity contribution in [1.82, 2.24) is 4.72 Å². The number of aryl methyl sites for hydroxylation is 2. The summed E-state index contributed by atoms with van der Waals surface area (Å²) in [5.41, 5.74) is 1.50. The zero-order valence-electron chi connectivity index (χ0n) is 14.7. The number of hydrogen-bond acceptors (Lipinski definition) is 6. The number of carbonyl (C=O) groups excluding carboxylic acids is 1. The molecule has 0 spiro atoms. The van der Waals surface area contributed by atoms with Gasteiger partial charge in [-0.2, -0.15) is 0 Å². The lowest BCUT2D eigenvalue weighted by Crippen LogP contribution is -2.34. The molecule has 1 heterocycles. The molecule has 0 aliphatic carbocycles. The minimum absolute atomic E-state index is 0.00981. The molecule has 0 bridgehead atoms. The number of carbonyl (C=O) groups is 1. The summed E-state index contributed by atoms with van der Waals surface area (Å²) in [6.45, 7) is 3.10. The summed E-state index contributed by atoms with van der Waals surface area (Å²) in [6.07, 6.45) is 0. The lowest BCUT2D eigenvalue weighted by atomic mass is 10.1. The summed E-state index contributed by atoms with van der Waals surface area (Å²) in [5, 5.41) is 0.744. The molecule has 1 N–H and O–H groups in total. The summed E-state index contributed by atoms with van der Waals surface area (Å²) in [7, 11) is -3.97. The SMILES string of the molecule is Cc1ccc(S(=O)(=O)NC(=O)COc2ccc3c(C)cc(=O)oc3c2)cc1. The fourth-order valence-corrected chi connectivity index (χ4v) is 3.47. The van der Waals surface area contributed by atoms with Crippen LogP contribution in [0.4, 0.5) is 0 Å². The van der Waals surface area contributed by atoms with Crippen molar-refractivity contribution >= 4 is 26.9 Å². The van der Waals surface area contributed by atoms with Gasteiger partial charge in [0.15, 0.2) is 6.61 Å². The maximum absolute atomic E-state index is 12.2. The van der Waals surface area contributed by atoms with E-state index in [9.17, 15) is 18.0 Å². The van der Waals surface area contributed by atoms with Gasteiger partial charge in [-0.05, 0) is 43.7 Å². The summed E-state index contributed by atoms with van der Waals surface area (Å²) in [6, 6.07) is 12.3. The Morgan fingerprint density at radius 3 is 2.48 bits per heavy atom. The molecule has 1 amide bonds. The lowest BCUT2D eigenvalue weighted by Gasteiger charge is -2.09. The van der Waals surface area contributed by atoms with Crippen molar-refractivity contribution in [3.8, 4) is 5.75 Å². The number of benzene rings is 2. The molecule has 0 aliphatic rings. The second kappa shape index (κ2) is 7.24. The summed E-state index contributed by atoms with van der Waals surface area (Å²) in [4.78, 5) is 23.4. The van der Waals surface area contributed by atoms with E-state index in [1.807, 2.05) is 11.6 Å². The Morgan fingerprint density at radius 2 is 1.78 bits per heavy atom. The molecule has 0 radical (unpaired) electrons. The molecule has 0 atom stereocenters. The molecule has 2 aromatic carbocycles. The molecular weight excluding hydrogens is 370 g/mol. The van der Waals surface area contributed by atoms with E-state index in [1.54, 1.807) is 31.2 Å². The lowest BCUT2D eigenvalue weighted by molar-refractivity contribution is -0.121. The molecule has 1 aromatic heterocycles. The first-order valence-electron chi connectivity index (χ1n) is 8.04. The van der Waals surface area contributed by atoms with Crippen LogP contribution in [0.25, 0.3) is 11.0 Å². The van der Waals surface area contributed by atoms with E-state index in [0.29, 0.717) is 5.58 Å². The van der Waals surface area contributed by atoms with E-state index >= 15 is 0 Å². The summed E-state index contributed by atoms with van der Waals surface area (Å²) < 4.78 is 36.7. The van der Waals surface area contributed by atoms with Gasteiger partial charge in [0.05, 0.1) is 4.90 Å². The van der Waals surface area contributed by atoms with Crippen LogP contribution < -0.4 is 15.1 Å². The number of fused-ring (bicyclic) bond motifs is 1. The van der Waals surface area contributed by atoms with Gasteiger partial charge in [-0.15, -0.1) is 0 Å². The van der Waals surface area contributed by atoms with E-state index in [4.69, 9.17) is 9.15 Å². The van der Waals surface area contributed by atoms with Gasteiger partial charge in [0.2, 0.25) is 0 Å². The van der Waals surface area contributed by atoms with Crippen LogP contribution in [0.15, 0.2) is 62.6 Å². The van der Waals surface area contributed by atoms with Crippen LogP contribution in [0, 0.1) is 13.8 Å². The molecule has 0 unspecified atom stereocenters. The van der Waals surface area contributed by atoms with E-state index in [1.165, 1.54) is 24.3 Å². The predicted molar refractivity (Wildman–Crippen MR) is 99.2 cm³/mol. The fourth-order valence-electron chi connectivity index (χ4n) is 2.50. The quantitative estimate of drug-likeness (QED) is 0.674. The first-order valence-corrected chi connectivity index (χ1v) is 9.52. The second-order valence-corrected chi connectivity index (χ2v) is 7.72. The third kappa shape index (κ3) is 4.35. The molecule has 0 aliphatic heterocycles. The minimum atomic E-state index is -3.97. The van der Waals surface area contributed by atoms with Crippen LogP contribution in [0.2, 0.25) is 0 Å². The Morgan fingerprint density at radius 1 is 1.07 bits per heavy atom. The van der Waals surface area contributed by atoms with Crippen LogP contribution in [-0.4, -0.2) is 20.9 Å². The normalized spacial score (nSPS) is 11.3. The van der Waals surface area contributed by atoms with E-state index in [2.05, 4.69) is 0 Å². The number of hydrogen-bond donors (Lipinski definition) is 1. The molecule has 27 heavy (non-hydrogen) atoms. The molecule has 0 saturated heterocycles. The molecule has 140 valence electrons. The average Bonchev–Trinajstić information content (AvgIpc) is 2.59. The zero-order valence-corrected chi connectivity index (χ0v) is 15.5. The zero-order chi connectivity index (χ0) is 19.6. The summed E-state index contributed by atoms with van der Waals surface area (Å²) in [5.74, 6) is -0.541. The van der Waals surface area contributed by atoms with Crippen LogP contribution >= 0.6 is 0 Å². The molecule has 8 heteroatoms. The highest BCUT2D eigenvalue weighted by Crippen LogP contribution is 2.22. The van der Waals surface area contributed by atoms with E-state index < -0.39 is 28.2 Å². The Hall–Kier alpha value is -3.13. The number of ether oxygens (including phenoxy) is 1. The highest BCUT2D eigenvalue weighted by molar-refractivity contribution is 7.90. The highest BCUT2D eigenvalue weighted by atomic mass is 32.2. The number of nitrogens with one attached hydrogen (secondary N) is 1. The maximum atomic E-state index is 12.2. The van der Waals surface area contributed by atoms with Crippen molar-refractivity contribution in [1.29, 1.82) is 0 Å². The molecule has 0 fully saturated rings. The number of amides is 1. The van der Waals surface area contributed by atoms with Gasteiger partial charge < -0.3 is 9.15 Å². The number of sulfonamides is 1. The molecule has 7 nitrogen and oxygen atoms in total. The van der Waals surface area contributed by atoms with E-state index in [-0.39, 0.29) is 10.6 Å². The molecular formula is C19H17NO6S. The van der Waals surface area contributed by atoms with Crippen LogP contribution in [-0.2, 0) is 14.8 Å². The topological polar surface area (TPSA) is 103 Å². The second-order valence-electron chi connectivity index (χ2n) is 6.04. The monoisotopic (exact) mass is 387 g/mol. The van der Waals surface area contributed by atoms with Gasteiger partial charge in [-0.3, -0.25) is 4.79 Å². The third-order valence-electron chi connectivity index (χ3n) is 3.87. The Labute approximate surface area is 155 Å². The van der Waals surface area contributed by atoms with Crippen LogP contribution in [0.3, 0.4) is 0 Å². The maximum Gasteiger partial charge on any atom is 0.336 e. The Kier molecular flexibility index (Phi) is 5.00. The standard InChI is InChI=1S/C19H17NO6S/c1-12-3-6-15(7-4-12)27(23,24)20-18(21)11-25-14-5-8-16-13(2)9-19(22)26-17(16)10-14/h3-10H,11H2,1-2H3,(H,20,21). The van der Waals surface area contributed by atoms with Crippen LogP contribution in [0.1, 0.15) is 11.1 Å². The molecule has 3 aromatic rings. The van der Waals surface area contributed by atoms with Crippen molar-refractivity contribution in [3.05, 3.63) is 70.1 Å². The van der Waals surface area contributed by atoms with Gasteiger partial charge in [0.25, 0.3) is 15.9 Å². The predicted octanol–water partition coefficient (Wildman–Crippen LogP) is 2.29. The number of rotatable bonds is 5. The molecule has 3 rings (SSSR count). The smallest absolute Gasteiger partial charge is 0.336 e. The van der Waals surface area contributed by atoms with Gasteiger partial charge in [0.1, 0.15) is 11.3 Å². The van der Waals surface area contributed by atoms with Gasteiger partial charge in [0, 0.05) is 17.5 Å². The first kappa shape index (κ1) is 18.7. The third-order valence-corrected chi connectivity index (χ3v) is 5.26. The average molecular weight is 387 g/mol. The highest BCUT2D eigenvalue weighted by Gasteiger charge is 2.17. The van der Waals surface area contributed by atoms with E-state index in [0.717, 1.165) is 16.5 Å². The Bertz CT molecular complexity index is 1160.